The molecule has 0 radical (unpaired) electrons. The number of ether oxygens (including phenoxy) is 1. The standard InChI is InChI=1S/C27H25F5O/c1-3-16-8-10-17(11-9-16)24-20(28)12-15(2)27(26(24)32)33-23-7-5-4-6-19(23)18-13-21(29)25(31)22(30)14-18/h4-7,12-14,16-17H,3,8-11H2,1-2H3/t16-,17-. The molecular weight excluding hydrogens is 435 g/mol. The fourth-order valence-corrected chi connectivity index (χ4v) is 4.71. The molecule has 3 aromatic carbocycles. The molecule has 0 bridgehead atoms. The van der Waals surface area contributed by atoms with Crippen LogP contribution in [0, 0.1) is 41.9 Å². The van der Waals surface area contributed by atoms with Crippen LogP contribution in [0.1, 0.15) is 56.1 Å². The van der Waals surface area contributed by atoms with Crippen LogP contribution in [0.3, 0.4) is 0 Å². The first-order valence-electron chi connectivity index (χ1n) is 11.2. The zero-order valence-corrected chi connectivity index (χ0v) is 18.5. The molecule has 0 aromatic heterocycles. The van der Waals surface area contributed by atoms with Crippen molar-refractivity contribution in [1.82, 2.24) is 0 Å². The third-order valence-corrected chi connectivity index (χ3v) is 6.62. The Bertz CT molecular complexity index is 1140. The Hall–Kier alpha value is -2.89. The van der Waals surface area contributed by atoms with Crippen LogP contribution in [0.25, 0.3) is 11.1 Å². The highest BCUT2D eigenvalue weighted by molar-refractivity contribution is 5.71. The van der Waals surface area contributed by atoms with Crippen molar-refractivity contribution in [2.45, 2.75) is 51.9 Å². The van der Waals surface area contributed by atoms with Crippen LogP contribution < -0.4 is 4.74 Å². The fourth-order valence-electron chi connectivity index (χ4n) is 4.71. The summed E-state index contributed by atoms with van der Waals surface area (Å²) in [6.07, 6.45) is 4.32. The first-order valence-corrected chi connectivity index (χ1v) is 11.2. The zero-order valence-electron chi connectivity index (χ0n) is 18.5. The van der Waals surface area contributed by atoms with Crippen LogP contribution in [0.2, 0.25) is 0 Å². The molecule has 0 spiro atoms. The number of para-hydroxylation sites is 1. The van der Waals surface area contributed by atoms with Gasteiger partial charge in [-0.25, -0.2) is 22.0 Å². The quantitative estimate of drug-likeness (QED) is 0.273. The minimum Gasteiger partial charge on any atom is -0.453 e. The summed E-state index contributed by atoms with van der Waals surface area (Å²) in [5, 5.41) is 0. The Morgan fingerprint density at radius 3 is 2.09 bits per heavy atom. The minimum absolute atomic E-state index is 0.0292. The normalized spacial score (nSPS) is 18.4. The van der Waals surface area contributed by atoms with Crippen LogP contribution in [0.5, 0.6) is 11.5 Å². The molecular formula is C27H25F5O. The van der Waals surface area contributed by atoms with Gasteiger partial charge in [0.15, 0.2) is 29.0 Å². The first-order chi connectivity index (χ1) is 15.8. The molecule has 1 aliphatic carbocycles. The van der Waals surface area contributed by atoms with Gasteiger partial charge in [-0.3, -0.25) is 0 Å². The van der Waals surface area contributed by atoms with Gasteiger partial charge in [-0.15, -0.1) is 0 Å². The van der Waals surface area contributed by atoms with E-state index in [0.29, 0.717) is 18.8 Å². The second-order valence-corrected chi connectivity index (χ2v) is 8.71. The summed E-state index contributed by atoms with van der Waals surface area (Å²) in [4.78, 5) is 0. The van der Waals surface area contributed by atoms with Crippen LogP contribution in [-0.2, 0) is 0 Å². The lowest BCUT2D eigenvalue weighted by molar-refractivity contribution is 0.307. The number of hydrogen-bond acceptors (Lipinski definition) is 1. The maximum absolute atomic E-state index is 15.6. The SMILES string of the molecule is CC[C@H]1CC[C@H](c2c(F)cc(C)c(Oc3ccccc3-c3cc(F)c(F)c(F)c3)c2F)CC1. The third kappa shape index (κ3) is 4.61. The van der Waals surface area contributed by atoms with E-state index in [9.17, 15) is 17.6 Å². The van der Waals surface area contributed by atoms with Crippen molar-refractivity contribution in [2.75, 3.05) is 0 Å². The maximum Gasteiger partial charge on any atom is 0.194 e. The highest BCUT2D eigenvalue weighted by atomic mass is 19.2. The van der Waals surface area contributed by atoms with E-state index in [4.69, 9.17) is 4.74 Å². The van der Waals surface area contributed by atoms with E-state index in [2.05, 4.69) is 6.92 Å². The average Bonchev–Trinajstić information content (AvgIpc) is 2.80. The summed E-state index contributed by atoms with van der Waals surface area (Å²) in [5.41, 5.74) is 0.590. The summed E-state index contributed by atoms with van der Waals surface area (Å²) in [6, 6.07) is 9.26. The topological polar surface area (TPSA) is 9.23 Å². The zero-order chi connectivity index (χ0) is 23.7. The van der Waals surface area contributed by atoms with Gasteiger partial charge in [0.1, 0.15) is 11.6 Å². The van der Waals surface area contributed by atoms with Crippen molar-refractivity contribution < 1.29 is 26.7 Å². The van der Waals surface area contributed by atoms with Crippen molar-refractivity contribution in [2.24, 2.45) is 5.92 Å². The molecule has 0 N–H and O–H groups in total. The first kappa shape index (κ1) is 23.3. The van der Waals surface area contributed by atoms with Crippen molar-refractivity contribution in [3.05, 3.63) is 82.7 Å². The van der Waals surface area contributed by atoms with Gasteiger partial charge < -0.3 is 4.74 Å². The molecule has 0 heterocycles. The largest absolute Gasteiger partial charge is 0.453 e. The fraction of sp³-hybridized carbons (Fsp3) is 0.333. The van der Waals surface area contributed by atoms with Crippen LogP contribution in [0.15, 0.2) is 42.5 Å². The van der Waals surface area contributed by atoms with E-state index < -0.39 is 29.1 Å². The number of hydrogen-bond donors (Lipinski definition) is 0. The number of halogens is 5. The molecule has 1 aliphatic rings. The summed E-state index contributed by atoms with van der Waals surface area (Å²) < 4.78 is 77.4. The molecule has 3 aromatic rings. The molecule has 0 aliphatic heterocycles. The van der Waals surface area contributed by atoms with E-state index in [1.54, 1.807) is 19.1 Å². The molecule has 33 heavy (non-hydrogen) atoms. The second kappa shape index (κ2) is 9.54. The molecule has 174 valence electrons. The van der Waals surface area contributed by atoms with Gasteiger partial charge in [0.05, 0.1) is 0 Å². The molecule has 0 saturated heterocycles. The lowest BCUT2D eigenvalue weighted by Gasteiger charge is -2.29. The molecule has 0 atom stereocenters. The Kier molecular flexibility index (Phi) is 6.73. The van der Waals surface area contributed by atoms with Gasteiger partial charge >= 0.3 is 0 Å². The molecule has 1 nitrogen and oxygen atoms in total. The summed E-state index contributed by atoms with van der Waals surface area (Å²) >= 11 is 0. The number of rotatable bonds is 5. The highest BCUT2D eigenvalue weighted by Crippen LogP contribution is 2.43. The van der Waals surface area contributed by atoms with Gasteiger partial charge in [0, 0.05) is 11.1 Å². The lowest BCUT2D eigenvalue weighted by atomic mass is 9.77. The number of aryl methyl sites for hydroxylation is 1. The molecule has 0 amide bonds. The Morgan fingerprint density at radius 1 is 0.818 bits per heavy atom. The van der Waals surface area contributed by atoms with Crippen LogP contribution in [-0.4, -0.2) is 0 Å². The van der Waals surface area contributed by atoms with Gasteiger partial charge in [0.25, 0.3) is 0 Å². The molecule has 1 saturated carbocycles. The van der Waals surface area contributed by atoms with Crippen molar-refractivity contribution in [3.63, 3.8) is 0 Å². The van der Waals surface area contributed by atoms with Gasteiger partial charge in [-0.2, -0.15) is 0 Å². The van der Waals surface area contributed by atoms with Crippen molar-refractivity contribution in [1.29, 1.82) is 0 Å². The molecule has 4 rings (SSSR count). The van der Waals surface area contributed by atoms with Crippen LogP contribution in [0.4, 0.5) is 22.0 Å². The van der Waals surface area contributed by atoms with E-state index >= 15 is 4.39 Å². The monoisotopic (exact) mass is 460 g/mol. The highest BCUT2D eigenvalue weighted by Gasteiger charge is 2.29. The van der Waals surface area contributed by atoms with Crippen molar-refractivity contribution in [3.8, 4) is 22.6 Å². The van der Waals surface area contributed by atoms with E-state index in [0.717, 1.165) is 31.4 Å². The lowest BCUT2D eigenvalue weighted by Crippen LogP contribution is -2.15. The maximum atomic E-state index is 15.6. The van der Waals surface area contributed by atoms with E-state index in [1.165, 1.54) is 18.2 Å². The van der Waals surface area contributed by atoms with Crippen LogP contribution >= 0.6 is 0 Å². The van der Waals surface area contributed by atoms with Gasteiger partial charge in [-0.1, -0.05) is 31.5 Å². The smallest absolute Gasteiger partial charge is 0.194 e. The summed E-state index contributed by atoms with van der Waals surface area (Å²) in [5.74, 6) is -5.24. The summed E-state index contributed by atoms with van der Waals surface area (Å²) in [7, 11) is 0. The number of benzene rings is 3. The van der Waals surface area contributed by atoms with E-state index in [1.807, 2.05) is 0 Å². The second-order valence-electron chi connectivity index (χ2n) is 8.71. The van der Waals surface area contributed by atoms with E-state index in [-0.39, 0.29) is 39.7 Å². The predicted molar refractivity (Wildman–Crippen MR) is 118 cm³/mol. The summed E-state index contributed by atoms with van der Waals surface area (Å²) in [6.45, 7) is 3.67. The average molecular weight is 460 g/mol. The van der Waals surface area contributed by atoms with Crippen molar-refractivity contribution >= 4 is 0 Å². The minimum atomic E-state index is -1.57. The molecule has 1 fully saturated rings. The Morgan fingerprint density at radius 2 is 1.45 bits per heavy atom. The molecule has 0 unspecified atom stereocenters. The Labute approximate surface area is 190 Å². The predicted octanol–water partition coefficient (Wildman–Crippen LogP) is 8.83. The Balaban J connectivity index is 1.73. The van der Waals surface area contributed by atoms with Gasteiger partial charge in [-0.05, 0) is 79.8 Å². The molecule has 6 heteroatoms. The third-order valence-electron chi connectivity index (χ3n) is 6.62. The van der Waals surface area contributed by atoms with Gasteiger partial charge in [0.2, 0.25) is 0 Å².